The molecule has 2 aromatic heterocycles. The molecule has 0 spiro atoms. The first kappa shape index (κ1) is 18.8. The second-order valence-corrected chi connectivity index (χ2v) is 7.60. The van der Waals surface area contributed by atoms with E-state index in [-0.39, 0.29) is 23.9 Å². The van der Waals surface area contributed by atoms with Gasteiger partial charge in [0.15, 0.2) is 5.65 Å². The summed E-state index contributed by atoms with van der Waals surface area (Å²) in [5, 5.41) is 7.95. The molecule has 4 rings (SSSR count). The second-order valence-electron chi connectivity index (χ2n) is 7.16. The molecule has 146 valence electrons. The largest absolute Gasteiger partial charge is 0.324 e. The molecule has 0 bridgehead atoms. The molecule has 0 atom stereocenters. The average molecular weight is 405 g/mol. The maximum Gasteiger partial charge on any atom is 0.264 e. The highest BCUT2D eigenvalue weighted by atomic mass is 35.5. The van der Waals surface area contributed by atoms with Gasteiger partial charge < -0.3 is 5.32 Å². The number of alkyl halides is 2. The molecule has 1 saturated carbocycles. The van der Waals surface area contributed by atoms with Crippen LogP contribution in [0.2, 0.25) is 5.02 Å². The fourth-order valence-corrected chi connectivity index (χ4v) is 3.50. The van der Waals surface area contributed by atoms with Gasteiger partial charge in [-0.2, -0.15) is 5.10 Å². The van der Waals surface area contributed by atoms with Crippen molar-refractivity contribution in [3.05, 3.63) is 51.8 Å². The second kappa shape index (κ2) is 7.13. The molecule has 0 saturated heterocycles. The summed E-state index contributed by atoms with van der Waals surface area (Å²) in [4.78, 5) is 17.1. The van der Waals surface area contributed by atoms with Crippen LogP contribution in [0.15, 0.2) is 24.3 Å². The van der Waals surface area contributed by atoms with Gasteiger partial charge in [-0.3, -0.25) is 4.79 Å². The maximum absolute atomic E-state index is 13.6. The number of pyridine rings is 1. The predicted octanol–water partition coefficient (Wildman–Crippen LogP) is 5.16. The Labute approximate surface area is 165 Å². The Balaban J connectivity index is 1.68. The molecule has 1 aliphatic rings. The van der Waals surface area contributed by atoms with E-state index < -0.39 is 6.43 Å². The summed E-state index contributed by atoms with van der Waals surface area (Å²) in [6.45, 7) is 3.39. The Morgan fingerprint density at radius 1 is 1.32 bits per heavy atom. The lowest BCUT2D eigenvalue weighted by Crippen LogP contribution is -2.20. The van der Waals surface area contributed by atoms with Crippen molar-refractivity contribution in [3.63, 3.8) is 0 Å². The number of fused-ring (bicyclic) bond motifs is 1. The highest BCUT2D eigenvalue weighted by Gasteiger charge is 2.29. The van der Waals surface area contributed by atoms with Crippen molar-refractivity contribution in [1.82, 2.24) is 14.8 Å². The van der Waals surface area contributed by atoms with Gasteiger partial charge >= 0.3 is 0 Å². The third-order valence-corrected chi connectivity index (χ3v) is 5.16. The minimum atomic E-state index is -2.62. The van der Waals surface area contributed by atoms with Crippen LogP contribution in [0.5, 0.6) is 0 Å². The van der Waals surface area contributed by atoms with Crippen molar-refractivity contribution in [1.29, 1.82) is 0 Å². The summed E-state index contributed by atoms with van der Waals surface area (Å²) < 4.78 is 28.7. The number of rotatable bonds is 5. The molecule has 0 unspecified atom stereocenters. The SMILES string of the molecule is Cc1ccc(Cl)cc1NC(=O)Cn1nc(C)c2c(C(F)F)cc(C3CC3)nc21. The van der Waals surface area contributed by atoms with Crippen LogP contribution in [0.1, 0.15) is 47.7 Å². The lowest BCUT2D eigenvalue weighted by Gasteiger charge is -2.10. The van der Waals surface area contributed by atoms with Crippen LogP contribution in [-0.4, -0.2) is 20.7 Å². The van der Waals surface area contributed by atoms with Gasteiger partial charge in [0.05, 0.1) is 11.1 Å². The van der Waals surface area contributed by atoms with E-state index in [1.807, 2.05) is 13.0 Å². The number of amides is 1. The van der Waals surface area contributed by atoms with Gasteiger partial charge in [0.25, 0.3) is 6.43 Å². The smallest absolute Gasteiger partial charge is 0.264 e. The van der Waals surface area contributed by atoms with Gasteiger partial charge in [0.1, 0.15) is 6.54 Å². The van der Waals surface area contributed by atoms with Crippen molar-refractivity contribution in [3.8, 4) is 0 Å². The van der Waals surface area contributed by atoms with Gasteiger partial charge in [-0.25, -0.2) is 18.4 Å². The molecule has 1 aliphatic carbocycles. The van der Waals surface area contributed by atoms with Crippen LogP contribution in [0.4, 0.5) is 14.5 Å². The molecule has 0 radical (unpaired) electrons. The van der Waals surface area contributed by atoms with Gasteiger partial charge in [0, 0.05) is 27.9 Å². The number of benzene rings is 1. The fourth-order valence-electron chi connectivity index (χ4n) is 3.33. The summed E-state index contributed by atoms with van der Waals surface area (Å²) in [5.74, 6) is -0.111. The number of hydrogen-bond acceptors (Lipinski definition) is 3. The third-order valence-electron chi connectivity index (χ3n) is 4.93. The van der Waals surface area contributed by atoms with Gasteiger partial charge in [-0.05, 0) is 50.5 Å². The van der Waals surface area contributed by atoms with Crippen LogP contribution >= 0.6 is 11.6 Å². The van der Waals surface area contributed by atoms with Gasteiger partial charge in [-0.15, -0.1) is 0 Å². The molecule has 28 heavy (non-hydrogen) atoms. The summed E-state index contributed by atoms with van der Waals surface area (Å²) in [7, 11) is 0. The highest BCUT2D eigenvalue weighted by Crippen LogP contribution is 2.41. The van der Waals surface area contributed by atoms with E-state index in [2.05, 4.69) is 15.4 Å². The number of aryl methyl sites for hydroxylation is 2. The number of carbonyl (C=O) groups excluding carboxylic acids is 1. The standard InChI is InChI=1S/C20H19ClF2N4O/c1-10-3-6-13(21)7-15(10)24-17(28)9-27-20-18(11(2)26-27)14(19(22)23)8-16(25-20)12-4-5-12/h3,6-8,12,19H,4-5,9H2,1-2H3,(H,24,28). The molecule has 2 heterocycles. The highest BCUT2D eigenvalue weighted by molar-refractivity contribution is 6.31. The molecule has 0 aliphatic heterocycles. The molecule has 3 aromatic rings. The van der Waals surface area contributed by atoms with E-state index in [1.54, 1.807) is 19.1 Å². The Morgan fingerprint density at radius 3 is 2.75 bits per heavy atom. The lowest BCUT2D eigenvalue weighted by molar-refractivity contribution is -0.116. The van der Waals surface area contributed by atoms with Crippen molar-refractivity contribution < 1.29 is 13.6 Å². The van der Waals surface area contributed by atoms with Crippen LogP contribution in [-0.2, 0) is 11.3 Å². The summed E-state index contributed by atoms with van der Waals surface area (Å²) >= 11 is 5.99. The minimum absolute atomic E-state index is 0.0678. The molecule has 8 heteroatoms. The summed E-state index contributed by atoms with van der Waals surface area (Å²) in [5.41, 5.74) is 2.82. The zero-order chi connectivity index (χ0) is 20.0. The number of carbonyl (C=O) groups is 1. The zero-order valence-corrected chi connectivity index (χ0v) is 16.2. The zero-order valence-electron chi connectivity index (χ0n) is 15.5. The molecule has 1 fully saturated rings. The first-order valence-electron chi connectivity index (χ1n) is 9.05. The van der Waals surface area contributed by atoms with Crippen LogP contribution < -0.4 is 5.32 Å². The van der Waals surface area contributed by atoms with Crippen LogP contribution in [0.25, 0.3) is 11.0 Å². The number of halogens is 3. The maximum atomic E-state index is 13.6. The first-order chi connectivity index (χ1) is 13.3. The number of aromatic nitrogens is 3. The molecule has 1 aromatic carbocycles. The Kier molecular flexibility index (Phi) is 4.79. The molecule has 1 amide bonds. The summed E-state index contributed by atoms with van der Waals surface area (Å²) in [6.07, 6.45) is -0.728. The van der Waals surface area contributed by atoms with E-state index in [0.29, 0.717) is 33.1 Å². The minimum Gasteiger partial charge on any atom is -0.324 e. The predicted molar refractivity (Wildman–Crippen MR) is 104 cm³/mol. The normalized spacial score (nSPS) is 14.1. The molecule has 5 nitrogen and oxygen atoms in total. The number of hydrogen-bond donors (Lipinski definition) is 1. The average Bonchev–Trinajstić information content (AvgIpc) is 3.43. The first-order valence-corrected chi connectivity index (χ1v) is 9.43. The van der Waals surface area contributed by atoms with E-state index in [9.17, 15) is 13.6 Å². The number of nitrogens with one attached hydrogen (secondary N) is 1. The van der Waals surface area contributed by atoms with E-state index in [4.69, 9.17) is 11.6 Å². The topological polar surface area (TPSA) is 59.8 Å². The van der Waals surface area contributed by atoms with E-state index >= 15 is 0 Å². The summed E-state index contributed by atoms with van der Waals surface area (Å²) in [6, 6.07) is 6.70. The molecular weight excluding hydrogens is 386 g/mol. The monoisotopic (exact) mass is 404 g/mol. The van der Waals surface area contributed by atoms with E-state index in [0.717, 1.165) is 18.4 Å². The molecule has 1 N–H and O–H groups in total. The lowest BCUT2D eigenvalue weighted by atomic mass is 10.1. The van der Waals surface area contributed by atoms with Crippen molar-refractivity contribution in [2.45, 2.75) is 45.6 Å². The number of nitrogens with zero attached hydrogens (tertiary/aromatic N) is 3. The Hall–Kier alpha value is -2.54. The Bertz CT molecular complexity index is 1080. The van der Waals surface area contributed by atoms with Crippen molar-refractivity contribution in [2.75, 3.05) is 5.32 Å². The van der Waals surface area contributed by atoms with Gasteiger partial charge in [0.2, 0.25) is 5.91 Å². The Morgan fingerprint density at radius 2 is 2.07 bits per heavy atom. The fraction of sp³-hybridized carbons (Fsp3) is 0.350. The van der Waals surface area contributed by atoms with Crippen LogP contribution in [0, 0.1) is 13.8 Å². The van der Waals surface area contributed by atoms with Crippen molar-refractivity contribution >= 4 is 34.2 Å². The van der Waals surface area contributed by atoms with Crippen LogP contribution in [0.3, 0.4) is 0 Å². The quantitative estimate of drug-likeness (QED) is 0.639. The van der Waals surface area contributed by atoms with E-state index in [1.165, 1.54) is 10.7 Å². The molecular formula is C20H19ClF2N4O. The third kappa shape index (κ3) is 3.58. The number of anilines is 1. The van der Waals surface area contributed by atoms with Gasteiger partial charge in [-0.1, -0.05) is 17.7 Å². The van der Waals surface area contributed by atoms with Crippen molar-refractivity contribution in [2.24, 2.45) is 0 Å².